The highest BCUT2D eigenvalue weighted by Gasteiger charge is 2.16. The fourth-order valence-corrected chi connectivity index (χ4v) is 1.04. The van der Waals surface area contributed by atoms with Crippen LogP contribution in [-0.4, -0.2) is 9.55 Å². The van der Waals surface area contributed by atoms with Gasteiger partial charge in [0.15, 0.2) is 0 Å². The summed E-state index contributed by atoms with van der Waals surface area (Å²) in [6.07, 6.45) is 0. The smallest absolute Gasteiger partial charge is 0.253 e. The molecular weight excluding hydrogens is 164 g/mol. The molecule has 0 saturated carbocycles. The summed E-state index contributed by atoms with van der Waals surface area (Å²) in [4.78, 5) is 15.8. The molecule has 1 heterocycles. The molecule has 1 aromatic rings. The van der Waals surface area contributed by atoms with E-state index in [1.165, 1.54) is 0 Å². The Hall–Kier alpha value is -1.12. The molecule has 0 amide bonds. The predicted octanol–water partition coefficient (Wildman–Crippen LogP) is 1.39. The lowest BCUT2D eigenvalue weighted by Crippen LogP contribution is -2.25. The van der Waals surface area contributed by atoms with Crippen molar-refractivity contribution in [1.29, 1.82) is 0 Å². The minimum absolute atomic E-state index is 0.0115. The van der Waals surface area contributed by atoms with Crippen LogP contribution in [0.1, 0.15) is 32.3 Å². The zero-order valence-electron chi connectivity index (χ0n) is 8.88. The van der Waals surface area contributed by atoms with Crippen molar-refractivity contribution in [2.75, 3.05) is 0 Å². The number of rotatable bonds is 0. The number of nitrogens with zero attached hydrogens (tertiary/aromatic N) is 2. The molecule has 1 aromatic heterocycles. The van der Waals surface area contributed by atoms with Gasteiger partial charge in [-0.1, -0.05) is 20.8 Å². The van der Waals surface area contributed by atoms with Gasteiger partial charge in [-0.3, -0.25) is 4.79 Å². The van der Waals surface area contributed by atoms with E-state index in [-0.39, 0.29) is 11.0 Å². The van der Waals surface area contributed by atoms with Crippen molar-refractivity contribution in [3.8, 4) is 0 Å². The first-order valence-electron chi connectivity index (χ1n) is 4.37. The minimum atomic E-state index is -0.0574. The van der Waals surface area contributed by atoms with Crippen molar-refractivity contribution in [3.63, 3.8) is 0 Å². The van der Waals surface area contributed by atoms with Gasteiger partial charge in [0.1, 0.15) is 5.82 Å². The molecule has 0 aliphatic heterocycles. The molecule has 1 rings (SSSR count). The van der Waals surface area contributed by atoms with Gasteiger partial charge in [0, 0.05) is 18.5 Å². The first kappa shape index (κ1) is 9.96. The molecule has 0 saturated heterocycles. The van der Waals surface area contributed by atoms with E-state index < -0.39 is 0 Å². The monoisotopic (exact) mass is 180 g/mol. The number of aryl methyl sites for hydroxylation is 1. The molecule has 0 bridgehead atoms. The van der Waals surface area contributed by atoms with Gasteiger partial charge >= 0.3 is 0 Å². The Morgan fingerprint density at radius 1 is 1.38 bits per heavy atom. The maximum absolute atomic E-state index is 11.4. The van der Waals surface area contributed by atoms with Gasteiger partial charge in [0.25, 0.3) is 5.56 Å². The first-order valence-corrected chi connectivity index (χ1v) is 4.37. The zero-order chi connectivity index (χ0) is 10.2. The van der Waals surface area contributed by atoms with E-state index in [4.69, 9.17) is 0 Å². The highest BCUT2D eigenvalue weighted by Crippen LogP contribution is 2.18. The Morgan fingerprint density at radius 3 is 2.31 bits per heavy atom. The maximum atomic E-state index is 11.4. The molecule has 0 N–H and O–H groups in total. The van der Waals surface area contributed by atoms with E-state index in [1.807, 2.05) is 27.7 Å². The molecule has 0 aliphatic rings. The molecule has 72 valence electrons. The topological polar surface area (TPSA) is 34.9 Å². The van der Waals surface area contributed by atoms with Gasteiger partial charge in [0.05, 0.1) is 5.69 Å². The largest absolute Gasteiger partial charge is 0.300 e. The third-order valence-electron chi connectivity index (χ3n) is 2.13. The summed E-state index contributed by atoms with van der Waals surface area (Å²) in [5.74, 6) is 0.762. The highest BCUT2D eigenvalue weighted by atomic mass is 16.1. The summed E-state index contributed by atoms with van der Waals surface area (Å²) >= 11 is 0. The standard InChI is InChI=1S/C10H16N2O/c1-7-11-8(10(2,3)4)6-9(13)12(7)5/h6H,1-5H3. The highest BCUT2D eigenvalue weighted by molar-refractivity contribution is 5.12. The van der Waals surface area contributed by atoms with Crippen LogP contribution in [0.15, 0.2) is 10.9 Å². The second-order valence-electron chi connectivity index (χ2n) is 4.34. The zero-order valence-corrected chi connectivity index (χ0v) is 8.88. The van der Waals surface area contributed by atoms with E-state index in [0.717, 1.165) is 11.5 Å². The van der Waals surface area contributed by atoms with Crippen LogP contribution in [0.25, 0.3) is 0 Å². The van der Waals surface area contributed by atoms with Crippen LogP contribution >= 0.6 is 0 Å². The van der Waals surface area contributed by atoms with Crippen LogP contribution in [0.5, 0.6) is 0 Å². The Bertz CT molecular complexity index is 371. The van der Waals surface area contributed by atoms with Crippen molar-refractivity contribution in [1.82, 2.24) is 9.55 Å². The van der Waals surface area contributed by atoms with Crippen molar-refractivity contribution in [3.05, 3.63) is 27.9 Å². The molecular formula is C10H16N2O. The summed E-state index contributed by atoms with van der Waals surface area (Å²) in [6, 6.07) is 1.60. The molecule has 3 heteroatoms. The average molecular weight is 180 g/mol. The van der Waals surface area contributed by atoms with Crippen molar-refractivity contribution in [2.45, 2.75) is 33.1 Å². The third-order valence-corrected chi connectivity index (χ3v) is 2.13. The molecule has 0 radical (unpaired) electrons. The Labute approximate surface area is 78.4 Å². The van der Waals surface area contributed by atoms with E-state index in [2.05, 4.69) is 4.98 Å². The average Bonchev–Trinajstić information content (AvgIpc) is 1.97. The van der Waals surface area contributed by atoms with Gasteiger partial charge in [0.2, 0.25) is 0 Å². The van der Waals surface area contributed by atoms with Crippen LogP contribution in [0.3, 0.4) is 0 Å². The Balaban J connectivity index is 3.38. The van der Waals surface area contributed by atoms with Gasteiger partial charge in [-0.05, 0) is 6.92 Å². The molecule has 0 unspecified atom stereocenters. The number of hydrogen-bond donors (Lipinski definition) is 0. The summed E-state index contributed by atoms with van der Waals surface area (Å²) in [5.41, 5.74) is 0.809. The lowest BCUT2D eigenvalue weighted by molar-refractivity contribution is 0.555. The van der Waals surface area contributed by atoms with Gasteiger partial charge in [-0.25, -0.2) is 4.98 Å². The van der Waals surface area contributed by atoms with Crippen LogP contribution in [-0.2, 0) is 12.5 Å². The van der Waals surface area contributed by atoms with Crippen LogP contribution in [0, 0.1) is 6.92 Å². The van der Waals surface area contributed by atoms with E-state index in [0.29, 0.717) is 0 Å². The van der Waals surface area contributed by atoms with Gasteiger partial charge < -0.3 is 4.57 Å². The molecule has 0 aromatic carbocycles. The molecule has 0 fully saturated rings. The first-order chi connectivity index (χ1) is 5.82. The van der Waals surface area contributed by atoms with Crippen molar-refractivity contribution < 1.29 is 0 Å². The fourth-order valence-electron chi connectivity index (χ4n) is 1.04. The quantitative estimate of drug-likeness (QED) is 0.604. The second-order valence-corrected chi connectivity index (χ2v) is 4.34. The lowest BCUT2D eigenvalue weighted by atomic mass is 9.92. The van der Waals surface area contributed by atoms with Crippen molar-refractivity contribution >= 4 is 0 Å². The van der Waals surface area contributed by atoms with Crippen LogP contribution in [0.2, 0.25) is 0 Å². The van der Waals surface area contributed by atoms with Gasteiger partial charge in [-0.2, -0.15) is 0 Å². The molecule has 0 atom stereocenters. The van der Waals surface area contributed by atoms with Gasteiger partial charge in [-0.15, -0.1) is 0 Å². The third kappa shape index (κ3) is 1.97. The molecule has 0 aliphatic carbocycles. The minimum Gasteiger partial charge on any atom is -0.300 e. The summed E-state index contributed by atoms with van der Waals surface area (Å²) in [5, 5.41) is 0. The van der Waals surface area contributed by atoms with E-state index in [1.54, 1.807) is 17.7 Å². The maximum Gasteiger partial charge on any atom is 0.253 e. The normalized spacial score (nSPS) is 11.8. The van der Waals surface area contributed by atoms with Crippen molar-refractivity contribution in [2.24, 2.45) is 7.05 Å². The second kappa shape index (κ2) is 2.98. The van der Waals surface area contributed by atoms with E-state index >= 15 is 0 Å². The lowest BCUT2D eigenvalue weighted by Gasteiger charge is -2.18. The Morgan fingerprint density at radius 2 is 1.92 bits per heavy atom. The summed E-state index contributed by atoms with van der Waals surface area (Å²) < 4.78 is 1.55. The van der Waals surface area contributed by atoms with E-state index in [9.17, 15) is 4.79 Å². The molecule has 3 nitrogen and oxygen atoms in total. The predicted molar refractivity (Wildman–Crippen MR) is 52.9 cm³/mol. The fraction of sp³-hybridized carbons (Fsp3) is 0.600. The Kier molecular flexibility index (Phi) is 2.28. The van der Waals surface area contributed by atoms with Crippen LogP contribution < -0.4 is 5.56 Å². The van der Waals surface area contributed by atoms with Crippen LogP contribution in [0.4, 0.5) is 0 Å². The SMILES string of the molecule is Cc1nc(C(C)(C)C)cc(=O)n1C. The molecule has 13 heavy (non-hydrogen) atoms. The summed E-state index contributed by atoms with van der Waals surface area (Å²) in [7, 11) is 1.73. The number of hydrogen-bond acceptors (Lipinski definition) is 2. The number of aromatic nitrogens is 2. The summed E-state index contributed by atoms with van der Waals surface area (Å²) in [6.45, 7) is 7.99. The molecule has 0 spiro atoms.